The van der Waals surface area contributed by atoms with Crippen molar-refractivity contribution in [1.29, 1.82) is 0 Å². The number of hydrogen-bond acceptors (Lipinski definition) is 3. The molecule has 4 bridgehead atoms. The van der Waals surface area contributed by atoms with Crippen molar-refractivity contribution >= 4 is 22.4 Å². The molecule has 0 spiro atoms. The fourth-order valence-electron chi connectivity index (χ4n) is 6.22. The lowest BCUT2D eigenvalue weighted by molar-refractivity contribution is -0.165. The van der Waals surface area contributed by atoms with E-state index >= 15 is 0 Å². The Morgan fingerprint density at radius 2 is 1.95 bits per heavy atom. The molecule has 108 valence electrons. The Morgan fingerprint density at radius 1 is 1.25 bits per heavy atom. The van der Waals surface area contributed by atoms with Crippen molar-refractivity contribution in [2.24, 2.45) is 22.2 Å². The zero-order chi connectivity index (χ0) is 14.0. The topological polar surface area (TPSA) is 42.0 Å². The molecule has 1 heterocycles. The normalized spacial score (nSPS) is 45.6. The molecule has 4 atom stereocenters. The van der Waals surface area contributed by atoms with Gasteiger partial charge in [0.05, 0.1) is 5.41 Å². The summed E-state index contributed by atoms with van der Waals surface area (Å²) in [7, 11) is 0. The molecule has 4 saturated carbocycles. The highest BCUT2D eigenvalue weighted by Crippen LogP contribution is 2.69. The average Bonchev–Trinajstić information content (AvgIpc) is 2.76. The second-order valence-corrected chi connectivity index (χ2v) is 9.10. The van der Waals surface area contributed by atoms with Gasteiger partial charge in [-0.3, -0.25) is 4.79 Å². The molecule has 4 aliphatic carbocycles. The lowest BCUT2D eigenvalue weighted by atomic mass is 9.40. The second kappa shape index (κ2) is 3.85. The van der Waals surface area contributed by atoms with Gasteiger partial charge in [-0.25, -0.2) is 4.98 Å². The molecule has 3 nitrogen and oxygen atoms in total. The molecule has 20 heavy (non-hydrogen) atoms. The predicted octanol–water partition coefficient (Wildman–Crippen LogP) is 4.08. The van der Waals surface area contributed by atoms with E-state index in [1.165, 1.54) is 30.6 Å². The first-order valence-electron chi connectivity index (χ1n) is 7.62. The van der Waals surface area contributed by atoms with Gasteiger partial charge in [-0.1, -0.05) is 13.8 Å². The average molecular weight is 290 g/mol. The standard InChI is InChI=1S/C16H22N2OS/c1-14-5-11-6-15(2,8-14)10-16(7-11,9-14)12(19)18-13-17-3-4-20-13/h3-4,11H,5-10H2,1-2H3,(H,17,18,19)/t11?,14-,15+,16?. The number of anilines is 1. The molecule has 4 heteroatoms. The fraction of sp³-hybridized carbons (Fsp3) is 0.750. The first-order chi connectivity index (χ1) is 9.41. The van der Waals surface area contributed by atoms with Crippen molar-refractivity contribution < 1.29 is 4.79 Å². The van der Waals surface area contributed by atoms with Crippen LogP contribution in [0.4, 0.5) is 5.13 Å². The van der Waals surface area contributed by atoms with Crippen LogP contribution in [0.25, 0.3) is 0 Å². The first-order valence-corrected chi connectivity index (χ1v) is 8.50. The van der Waals surface area contributed by atoms with Gasteiger partial charge in [-0.05, 0) is 55.3 Å². The number of carbonyl (C=O) groups is 1. The van der Waals surface area contributed by atoms with Gasteiger partial charge < -0.3 is 5.32 Å². The predicted molar refractivity (Wildman–Crippen MR) is 80.6 cm³/mol. The molecule has 0 aromatic carbocycles. The smallest absolute Gasteiger partial charge is 0.232 e. The van der Waals surface area contributed by atoms with E-state index < -0.39 is 0 Å². The largest absolute Gasteiger partial charge is 0.301 e. The molecule has 1 aromatic rings. The van der Waals surface area contributed by atoms with E-state index in [1.54, 1.807) is 6.20 Å². The number of amides is 1. The molecule has 1 amide bonds. The molecular weight excluding hydrogens is 268 g/mol. The molecule has 4 aliphatic rings. The summed E-state index contributed by atoms with van der Waals surface area (Å²) in [5.74, 6) is 0.984. The Kier molecular flexibility index (Phi) is 2.46. The van der Waals surface area contributed by atoms with E-state index in [2.05, 4.69) is 24.1 Å². The van der Waals surface area contributed by atoms with Gasteiger partial charge in [0.15, 0.2) is 5.13 Å². The molecule has 1 N–H and O–H groups in total. The van der Waals surface area contributed by atoms with Gasteiger partial charge >= 0.3 is 0 Å². The Labute approximate surface area is 124 Å². The summed E-state index contributed by atoms with van der Waals surface area (Å²) >= 11 is 1.51. The van der Waals surface area contributed by atoms with Gasteiger partial charge in [-0.15, -0.1) is 11.3 Å². The number of nitrogens with zero attached hydrogens (tertiary/aromatic N) is 1. The van der Waals surface area contributed by atoms with Crippen LogP contribution in [0.1, 0.15) is 52.4 Å². The third-order valence-corrected chi connectivity index (χ3v) is 6.45. The van der Waals surface area contributed by atoms with Crippen molar-refractivity contribution in [3.63, 3.8) is 0 Å². The first kappa shape index (κ1) is 12.8. The minimum Gasteiger partial charge on any atom is -0.301 e. The van der Waals surface area contributed by atoms with Crippen LogP contribution < -0.4 is 5.32 Å². The van der Waals surface area contributed by atoms with Gasteiger partial charge in [-0.2, -0.15) is 0 Å². The van der Waals surface area contributed by atoms with Crippen LogP contribution in [0, 0.1) is 22.2 Å². The maximum atomic E-state index is 12.9. The highest BCUT2D eigenvalue weighted by atomic mass is 32.1. The third-order valence-electron chi connectivity index (χ3n) is 5.76. The van der Waals surface area contributed by atoms with Crippen molar-refractivity contribution in [1.82, 2.24) is 4.98 Å². The van der Waals surface area contributed by atoms with E-state index in [-0.39, 0.29) is 11.3 Å². The third kappa shape index (κ3) is 1.84. The van der Waals surface area contributed by atoms with Crippen LogP contribution in [0.15, 0.2) is 11.6 Å². The van der Waals surface area contributed by atoms with Crippen molar-refractivity contribution in [3.05, 3.63) is 11.6 Å². The number of hydrogen-bond donors (Lipinski definition) is 1. The van der Waals surface area contributed by atoms with E-state index in [4.69, 9.17) is 0 Å². The number of nitrogens with one attached hydrogen (secondary N) is 1. The quantitative estimate of drug-likeness (QED) is 0.891. The summed E-state index contributed by atoms with van der Waals surface area (Å²) in [6.07, 6.45) is 8.96. The van der Waals surface area contributed by atoms with Crippen LogP contribution in [0.5, 0.6) is 0 Å². The molecule has 0 aliphatic heterocycles. The minimum absolute atomic E-state index is 0.130. The van der Waals surface area contributed by atoms with E-state index in [0.29, 0.717) is 10.8 Å². The molecule has 1 aromatic heterocycles. The second-order valence-electron chi connectivity index (χ2n) is 8.20. The minimum atomic E-state index is -0.130. The zero-order valence-electron chi connectivity index (χ0n) is 12.2. The van der Waals surface area contributed by atoms with Crippen LogP contribution in [-0.2, 0) is 4.79 Å². The van der Waals surface area contributed by atoms with Gasteiger partial charge in [0, 0.05) is 11.6 Å². The highest BCUT2D eigenvalue weighted by molar-refractivity contribution is 7.13. The summed E-state index contributed by atoms with van der Waals surface area (Å²) in [5.41, 5.74) is 0.636. The summed E-state index contributed by atoms with van der Waals surface area (Å²) in [6.45, 7) is 4.81. The van der Waals surface area contributed by atoms with E-state index in [1.807, 2.05) is 5.38 Å². The zero-order valence-corrected chi connectivity index (χ0v) is 13.1. The van der Waals surface area contributed by atoms with Crippen molar-refractivity contribution in [2.75, 3.05) is 5.32 Å². The molecule has 0 saturated heterocycles. The van der Waals surface area contributed by atoms with Crippen LogP contribution in [0.3, 0.4) is 0 Å². The summed E-state index contributed by atoms with van der Waals surface area (Å²) in [6, 6.07) is 0. The number of rotatable bonds is 2. The van der Waals surface area contributed by atoms with Crippen LogP contribution in [-0.4, -0.2) is 10.9 Å². The van der Waals surface area contributed by atoms with E-state index in [9.17, 15) is 4.79 Å². The number of aromatic nitrogens is 1. The van der Waals surface area contributed by atoms with Crippen molar-refractivity contribution in [3.8, 4) is 0 Å². The van der Waals surface area contributed by atoms with Crippen molar-refractivity contribution in [2.45, 2.75) is 52.4 Å². The van der Waals surface area contributed by atoms with E-state index in [0.717, 1.165) is 30.3 Å². The summed E-state index contributed by atoms with van der Waals surface area (Å²) in [4.78, 5) is 17.1. The Morgan fingerprint density at radius 3 is 2.50 bits per heavy atom. The Hall–Kier alpha value is -0.900. The molecule has 0 radical (unpaired) electrons. The SMILES string of the molecule is C[C@]12CC3CC(C(=O)Nc4nccs4)(C1)C[C@@](C)(C3)C2. The number of carbonyl (C=O) groups excluding carboxylic acids is 1. The van der Waals surface area contributed by atoms with Crippen LogP contribution in [0.2, 0.25) is 0 Å². The maximum Gasteiger partial charge on any atom is 0.232 e. The number of thiazole rings is 1. The summed E-state index contributed by atoms with van der Waals surface area (Å²) in [5, 5.41) is 5.75. The Balaban J connectivity index is 1.65. The van der Waals surface area contributed by atoms with Gasteiger partial charge in [0.1, 0.15) is 0 Å². The lowest BCUT2D eigenvalue weighted by Crippen LogP contribution is -2.58. The lowest BCUT2D eigenvalue weighted by Gasteiger charge is -2.64. The highest BCUT2D eigenvalue weighted by Gasteiger charge is 2.62. The fourth-order valence-corrected chi connectivity index (χ4v) is 6.74. The summed E-state index contributed by atoms with van der Waals surface area (Å²) < 4.78 is 0. The maximum absolute atomic E-state index is 12.9. The Bertz CT molecular complexity index is 535. The molecule has 4 fully saturated rings. The van der Waals surface area contributed by atoms with Gasteiger partial charge in [0.25, 0.3) is 0 Å². The molecule has 2 unspecified atom stereocenters. The van der Waals surface area contributed by atoms with Gasteiger partial charge in [0.2, 0.25) is 5.91 Å². The van der Waals surface area contributed by atoms with Crippen LogP contribution >= 0.6 is 11.3 Å². The monoisotopic (exact) mass is 290 g/mol. The molecule has 5 rings (SSSR count). The molecular formula is C16H22N2OS.